The Kier molecular flexibility index (Phi) is 6.26. The number of alkyl carbamates (subject to hydrolysis) is 1. The molecule has 0 radical (unpaired) electrons. The lowest BCUT2D eigenvalue weighted by Gasteiger charge is -2.20. The van der Waals surface area contributed by atoms with Crippen LogP contribution in [-0.4, -0.2) is 11.6 Å². The second-order valence-corrected chi connectivity index (χ2v) is 7.34. The van der Waals surface area contributed by atoms with E-state index < -0.39 is 6.09 Å². The van der Waals surface area contributed by atoms with Gasteiger partial charge in [0.2, 0.25) is 0 Å². The SMILES string of the molecule is CC(C)(C)NC(=O)OCc1ccc(OCc2ccccc2)c(Br)c1. The highest BCUT2D eigenvalue weighted by molar-refractivity contribution is 9.10. The van der Waals surface area contributed by atoms with E-state index in [2.05, 4.69) is 21.2 Å². The van der Waals surface area contributed by atoms with E-state index in [0.29, 0.717) is 6.61 Å². The average Bonchev–Trinajstić information content (AvgIpc) is 2.51. The van der Waals surface area contributed by atoms with Crippen molar-refractivity contribution in [1.82, 2.24) is 5.32 Å². The Morgan fingerprint density at radius 2 is 1.75 bits per heavy atom. The van der Waals surface area contributed by atoms with Crippen molar-refractivity contribution < 1.29 is 14.3 Å². The van der Waals surface area contributed by atoms with E-state index in [0.717, 1.165) is 21.3 Å². The van der Waals surface area contributed by atoms with Crippen LogP contribution in [0.4, 0.5) is 4.79 Å². The minimum absolute atomic E-state index is 0.208. The Morgan fingerprint density at radius 1 is 1.04 bits per heavy atom. The fourth-order valence-corrected chi connectivity index (χ4v) is 2.52. The number of carbonyl (C=O) groups excluding carboxylic acids is 1. The summed E-state index contributed by atoms with van der Waals surface area (Å²) in [5.74, 6) is 0.752. The molecule has 0 bridgehead atoms. The first-order valence-electron chi connectivity index (χ1n) is 7.73. The molecule has 0 aromatic heterocycles. The number of amides is 1. The molecular formula is C19H22BrNO3. The molecule has 1 N–H and O–H groups in total. The number of nitrogens with one attached hydrogen (secondary N) is 1. The zero-order valence-electron chi connectivity index (χ0n) is 14.1. The van der Waals surface area contributed by atoms with Crippen molar-refractivity contribution in [3.8, 4) is 5.75 Å². The molecular weight excluding hydrogens is 370 g/mol. The second kappa shape index (κ2) is 8.20. The summed E-state index contributed by atoms with van der Waals surface area (Å²) in [6, 6.07) is 15.6. The lowest BCUT2D eigenvalue weighted by Crippen LogP contribution is -2.40. The van der Waals surface area contributed by atoms with Gasteiger partial charge in [0, 0.05) is 5.54 Å². The van der Waals surface area contributed by atoms with Crippen molar-refractivity contribution in [3.63, 3.8) is 0 Å². The maximum Gasteiger partial charge on any atom is 0.407 e. The van der Waals surface area contributed by atoms with Crippen molar-refractivity contribution in [2.75, 3.05) is 0 Å². The lowest BCUT2D eigenvalue weighted by molar-refractivity contribution is 0.131. The molecule has 0 aliphatic rings. The maximum absolute atomic E-state index is 11.7. The third-order valence-electron chi connectivity index (χ3n) is 3.08. The van der Waals surface area contributed by atoms with Crippen LogP contribution in [0.3, 0.4) is 0 Å². The lowest BCUT2D eigenvalue weighted by atomic mass is 10.1. The van der Waals surface area contributed by atoms with Gasteiger partial charge in [-0.2, -0.15) is 0 Å². The molecule has 128 valence electrons. The smallest absolute Gasteiger partial charge is 0.407 e. The monoisotopic (exact) mass is 391 g/mol. The van der Waals surface area contributed by atoms with Gasteiger partial charge in [0.05, 0.1) is 4.47 Å². The van der Waals surface area contributed by atoms with E-state index in [1.165, 1.54) is 0 Å². The van der Waals surface area contributed by atoms with Crippen LogP contribution < -0.4 is 10.1 Å². The standard InChI is InChI=1S/C19H22BrNO3/c1-19(2,3)21-18(22)24-13-15-9-10-17(16(20)11-15)23-12-14-7-5-4-6-8-14/h4-11H,12-13H2,1-3H3,(H,21,22). The Hall–Kier alpha value is -2.01. The van der Waals surface area contributed by atoms with Gasteiger partial charge in [-0.05, 0) is 60.0 Å². The third kappa shape index (κ3) is 6.24. The second-order valence-electron chi connectivity index (χ2n) is 6.49. The number of hydrogen-bond donors (Lipinski definition) is 1. The van der Waals surface area contributed by atoms with Gasteiger partial charge in [-0.25, -0.2) is 4.79 Å². The Labute approximate surface area is 151 Å². The fourth-order valence-electron chi connectivity index (χ4n) is 1.98. The predicted molar refractivity (Wildman–Crippen MR) is 98.0 cm³/mol. The minimum Gasteiger partial charge on any atom is -0.488 e. The van der Waals surface area contributed by atoms with E-state index in [1.807, 2.05) is 69.3 Å². The molecule has 2 aromatic rings. The molecule has 0 saturated heterocycles. The number of benzene rings is 2. The van der Waals surface area contributed by atoms with Crippen LogP contribution >= 0.6 is 15.9 Å². The summed E-state index contributed by atoms with van der Waals surface area (Å²) >= 11 is 3.50. The van der Waals surface area contributed by atoms with Crippen molar-refractivity contribution in [2.45, 2.75) is 39.5 Å². The summed E-state index contributed by atoms with van der Waals surface area (Å²) in [5, 5.41) is 2.76. The number of halogens is 1. The number of carbonyl (C=O) groups is 1. The largest absolute Gasteiger partial charge is 0.488 e. The summed E-state index contributed by atoms with van der Waals surface area (Å²) in [5.41, 5.74) is 1.68. The molecule has 0 spiro atoms. The van der Waals surface area contributed by atoms with E-state index in [9.17, 15) is 4.79 Å². The van der Waals surface area contributed by atoms with Crippen LogP contribution in [-0.2, 0) is 18.0 Å². The third-order valence-corrected chi connectivity index (χ3v) is 3.70. The Balaban J connectivity index is 1.88. The summed E-state index contributed by atoms with van der Waals surface area (Å²) in [6.45, 7) is 6.43. The van der Waals surface area contributed by atoms with Crippen molar-refractivity contribution in [3.05, 3.63) is 64.1 Å². The van der Waals surface area contributed by atoms with Gasteiger partial charge in [-0.15, -0.1) is 0 Å². The molecule has 2 aromatic carbocycles. The van der Waals surface area contributed by atoms with Crippen LogP contribution in [0.15, 0.2) is 53.0 Å². The molecule has 0 fully saturated rings. The van der Waals surface area contributed by atoms with Crippen LogP contribution in [0.5, 0.6) is 5.75 Å². The predicted octanol–water partition coefficient (Wildman–Crippen LogP) is 5.05. The Morgan fingerprint density at radius 3 is 2.38 bits per heavy atom. The number of ether oxygens (including phenoxy) is 2. The fraction of sp³-hybridized carbons (Fsp3) is 0.316. The molecule has 5 heteroatoms. The topological polar surface area (TPSA) is 47.6 Å². The maximum atomic E-state index is 11.7. The highest BCUT2D eigenvalue weighted by Crippen LogP contribution is 2.27. The van der Waals surface area contributed by atoms with E-state index in [4.69, 9.17) is 9.47 Å². The van der Waals surface area contributed by atoms with Gasteiger partial charge < -0.3 is 14.8 Å². The molecule has 0 aliphatic carbocycles. The zero-order valence-corrected chi connectivity index (χ0v) is 15.7. The Bertz CT molecular complexity index is 681. The van der Waals surface area contributed by atoms with Crippen molar-refractivity contribution in [1.29, 1.82) is 0 Å². The molecule has 0 atom stereocenters. The highest BCUT2D eigenvalue weighted by Gasteiger charge is 2.14. The first-order valence-corrected chi connectivity index (χ1v) is 8.53. The van der Waals surface area contributed by atoms with Gasteiger partial charge in [0.15, 0.2) is 0 Å². The van der Waals surface area contributed by atoms with Crippen LogP contribution in [0.1, 0.15) is 31.9 Å². The molecule has 0 unspecified atom stereocenters. The van der Waals surface area contributed by atoms with Crippen LogP contribution in [0.2, 0.25) is 0 Å². The zero-order chi connectivity index (χ0) is 17.6. The van der Waals surface area contributed by atoms with Crippen molar-refractivity contribution in [2.24, 2.45) is 0 Å². The van der Waals surface area contributed by atoms with E-state index >= 15 is 0 Å². The number of rotatable bonds is 5. The first-order chi connectivity index (χ1) is 11.3. The quantitative estimate of drug-likeness (QED) is 0.775. The average molecular weight is 392 g/mol. The van der Waals surface area contributed by atoms with E-state index in [1.54, 1.807) is 0 Å². The highest BCUT2D eigenvalue weighted by atomic mass is 79.9. The molecule has 2 rings (SSSR count). The van der Waals surface area contributed by atoms with Crippen LogP contribution in [0, 0.1) is 0 Å². The van der Waals surface area contributed by atoms with Gasteiger partial charge in [-0.3, -0.25) is 0 Å². The molecule has 0 aliphatic heterocycles. The minimum atomic E-state index is -0.428. The summed E-state index contributed by atoms with van der Waals surface area (Å²) in [6.07, 6.45) is -0.428. The van der Waals surface area contributed by atoms with Gasteiger partial charge >= 0.3 is 6.09 Å². The summed E-state index contributed by atoms with van der Waals surface area (Å²) in [4.78, 5) is 11.7. The first kappa shape index (κ1) is 18.3. The summed E-state index contributed by atoms with van der Waals surface area (Å²) < 4.78 is 11.8. The molecule has 0 saturated carbocycles. The van der Waals surface area contributed by atoms with Crippen molar-refractivity contribution >= 4 is 22.0 Å². The van der Waals surface area contributed by atoms with E-state index in [-0.39, 0.29) is 12.1 Å². The van der Waals surface area contributed by atoms with Gasteiger partial charge in [0.25, 0.3) is 0 Å². The van der Waals surface area contributed by atoms with Gasteiger partial charge in [-0.1, -0.05) is 36.4 Å². The molecule has 24 heavy (non-hydrogen) atoms. The molecule has 4 nitrogen and oxygen atoms in total. The number of hydrogen-bond acceptors (Lipinski definition) is 3. The van der Waals surface area contributed by atoms with Gasteiger partial charge in [0.1, 0.15) is 19.0 Å². The normalized spacial score (nSPS) is 11.0. The summed E-state index contributed by atoms with van der Waals surface area (Å²) in [7, 11) is 0. The molecule has 0 heterocycles. The van der Waals surface area contributed by atoms with Crippen LogP contribution in [0.25, 0.3) is 0 Å². The molecule has 1 amide bonds.